The molecule has 98 valence electrons. The van der Waals surface area contributed by atoms with Gasteiger partial charge in [-0.3, -0.25) is 4.99 Å². The molecule has 0 bridgehead atoms. The van der Waals surface area contributed by atoms with Gasteiger partial charge in [0.15, 0.2) is 0 Å². The van der Waals surface area contributed by atoms with E-state index in [9.17, 15) is 0 Å². The van der Waals surface area contributed by atoms with Gasteiger partial charge in [-0.15, -0.1) is 0 Å². The van der Waals surface area contributed by atoms with Crippen LogP contribution in [0.15, 0.2) is 9.98 Å². The van der Waals surface area contributed by atoms with E-state index in [1.54, 1.807) is 0 Å². The molecule has 0 aromatic heterocycles. The molecule has 0 aromatic carbocycles. The Bertz CT molecular complexity index is 225. The predicted octanol–water partition coefficient (Wildman–Crippen LogP) is 4.02. The summed E-state index contributed by atoms with van der Waals surface area (Å²) in [5.74, 6) is 2.84. The van der Waals surface area contributed by atoms with Crippen LogP contribution in [-0.4, -0.2) is 30.6 Å². The number of hydrogen-bond donors (Lipinski definition) is 0. The first kappa shape index (κ1) is 17.0. The maximum atomic E-state index is 4.88. The molecule has 0 saturated heterocycles. The summed E-state index contributed by atoms with van der Waals surface area (Å²) in [6, 6.07) is 0. The SMILES string of the molecule is CCCCC(CSC)C1=NCC=N1.[Cl][Pt][Cl]. The van der Waals surface area contributed by atoms with E-state index < -0.39 is 16.5 Å². The van der Waals surface area contributed by atoms with E-state index in [4.69, 9.17) is 18.8 Å². The Morgan fingerprint density at radius 3 is 2.69 bits per heavy atom. The third-order valence-electron chi connectivity index (χ3n) is 2.20. The van der Waals surface area contributed by atoms with Crippen molar-refractivity contribution >= 4 is 42.6 Å². The molecule has 1 aliphatic heterocycles. The Hall–Kier alpha value is 0.958. The zero-order valence-electron chi connectivity index (χ0n) is 9.57. The van der Waals surface area contributed by atoms with Gasteiger partial charge in [0, 0.05) is 17.9 Å². The molecule has 0 saturated carbocycles. The van der Waals surface area contributed by atoms with Gasteiger partial charge in [0.2, 0.25) is 0 Å². The summed E-state index contributed by atoms with van der Waals surface area (Å²) in [5, 5.41) is 0. The quantitative estimate of drug-likeness (QED) is 0.583. The van der Waals surface area contributed by atoms with Gasteiger partial charge in [-0.25, -0.2) is 4.99 Å². The molecular formula is C10H18Cl2N2PtS. The Labute approximate surface area is 119 Å². The molecule has 1 aliphatic rings. The molecule has 0 aliphatic carbocycles. The third kappa shape index (κ3) is 8.11. The van der Waals surface area contributed by atoms with E-state index in [1.807, 2.05) is 18.0 Å². The molecule has 16 heavy (non-hydrogen) atoms. The van der Waals surface area contributed by atoms with E-state index in [2.05, 4.69) is 23.2 Å². The normalized spacial score (nSPS) is 15.6. The minimum atomic E-state index is -0.472. The number of amidine groups is 1. The fourth-order valence-corrected chi connectivity index (χ4v) is 2.20. The summed E-state index contributed by atoms with van der Waals surface area (Å²) < 4.78 is 0. The first-order chi connectivity index (χ1) is 7.79. The fraction of sp³-hybridized carbons (Fsp3) is 0.800. The molecule has 0 spiro atoms. The molecule has 1 rings (SSSR count). The van der Waals surface area contributed by atoms with Gasteiger partial charge in [0.25, 0.3) is 0 Å². The van der Waals surface area contributed by atoms with E-state index >= 15 is 0 Å². The van der Waals surface area contributed by atoms with Crippen molar-refractivity contribution in [2.45, 2.75) is 26.2 Å². The van der Waals surface area contributed by atoms with Gasteiger partial charge in [-0.05, 0) is 12.7 Å². The summed E-state index contributed by atoms with van der Waals surface area (Å²) in [4.78, 5) is 8.71. The molecule has 0 amide bonds. The van der Waals surface area contributed by atoms with Crippen LogP contribution in [0.3, 0.4) is 0 Å². The van der Waals surface area contributed by atoms with Crippen molar-refractivity contribution < 1.29 is 16.5 Å². The zero-order chi connectivity index (χ0) is 12.2. The molecule has 1 atom stereocenters. The van der Waals surface area contributed by atoms with Crippen molar-refractivity contribution in [2.75, 3.05) is 18.6 Å². The molecular weight excluding hydrogens is 446 g/mol. The maximum absolute atomic E-state index is 4.88. The van der Waals surface area contributed by atoms with Crippen LogP contribution in [0.25, 0.3) is 0 Å². The van der Waals surface area contributed by atoms with Crippen LogP contribution < -0.4 is 0 Å². The summed E-state index contributed by atoms with van der Waals surface area (Å²) in [5.41, 5.74) is 0. The minimum absolute atomic E-state index is 0.472. The van der Waals surface area contributed by atoms with Crippen LogP contribution in [-0.2, 0) is 16.5 Å². The van der Waals surface area contributed by atoms with Gasteiger partial charge in [0.05, 0.1) is 6.54 Å². The average molecular weight is 464 g/mol. The van der Waals surface area contributed by atoms with Crippen LogP contribution in [0.5, 0.6) is 0 Å². The second kappa shape index (κ2) is 12.4. The van der Waals surface area contributed by atoms with Gasteiger partial charge in [-0.2, -0.15) is 11.8 Å². The van der Waals surface area contributed by atoms with Crippen LogP contribution in [0.1, 0.15) is 26.2 Å². The first-order valence-electron chi connectivity index (χ1n) is 5.18. The third-order valence-corrected chi connectivity index (χ3v) is 2.93. The van der Waals surface area contributed by atoms with Crippen LogP contribution in [0, 0.1) is 5.92 Å². The van der Waals surface area contributed by atoms with Crippen LogP contribution in [0.4, 0.5) is 0 Å². The Balaban J connectivity index is 0.000000673. The molecule has 0 radical (unpaired) electrons. The molecule has 6 heteroatoms. The second-order valence-corrected chi connectivity index (χ2v) is 7.54. The van der Waals surface area contributed by atoms with Crippen LogP contribution >= 0.6 is 30.6 Å². The number of rotatable bonds is 6. The Morgan fingerprint density at radius 2 is 2.25 bits per heavy atom. The molecule has 0 aromatic rings. The summed E-state index contributed by atoms with van der Waals surface area (Å²) in [7, 11) is 9.75. The standard InChI is InChI=1S/C10H18N2S.2ClH.Pt/c1-3-4-5-9(8-13-2)10-11-6-7-12-10;;;/h6,9H,3-5,7-8H2,1-2H3;2*1H;/q;;;+2/p-2. The number of unbranched alkanes of at least 4 members (excludes halogenated alkanes) is 1. The first-order valence-corrected chi connectivity index (χ1v) is 12.2. The second-order valence-electron chi connectivity index (χ2n) is 3.35. The van der Waals surface area contributed by atoms with Gasteiger partial charge < -0.3 is 0 Å². The summed E-state index contributed by atoms with van der Waals surface area (Å²) >= 11 is 1.42. The van der Waals surface area contributed by atoms with Crippen molar-refractivity contribution in [3.8, 4) is 0 Å². The van der Waals surface area contributed by atoms with Gasteiger partial charge in [-0.1, -0.05) is 19.8 Å². The van der Waals surface area contributed by atoms with Gasteiger partial charge in [0.1, 0.15) is 5.84 Å². The number of thioether (sulfide) groups is 1. The van der Waals surface area contributed by atoms with Crippen molar-refractivity contribution in [1.82, 2.24) is 0 Å². The van der Waals surface area contributed by atoms with E-state index in [0.29, 0.717) is 5.92 Å². The van der Waals surface area contributed by atoms with Crippen LogP contribution in [0.2, 0.25) is 0 Å². The molecule has 0 N–H and O–H groups in total. The van der Waals surface area contributed by atoms with Crippen molar-refractivity contribution in [3.05, 3.63) is 0 Å². The van der Waals surface area contributed by atoms with Crippen molar-refractivity contribution in [1.29, 1.82) is 0 Å². The van der Waals surface area contributed by atoms with E-state index in [-0.39, 0.29) is 0 Å². The number of hydrogen-bond acceptors (Lipinski definition) is 3. The molecule has 1 heterocycles. The fourth-order valence-electron chi connectivity index (χ4n) is 1.48. The van der Waals surface area contributed by atoms with E-state index in [1.165, 1.54) is 19.3 Å². The molecule has 1 unspecified atom stereocenters. The summed E-state index contributed by atoms with van der Waals surface area (Å²) in [6.07, 6.45) is 7.86. The predicted molar refractivity (Wildman–Crippen MR) is 73.9 cm³/mol. The molecule has 2 nitrogen and oxygen atoms in total. The van der Waals surface area contributed by atoms with Crippen molar-refractivity contribution in [2.24, 2.45) is 15.9 Å². The number of nitrogens with zero attached hydrogens (tertiary/aromatic N) is 2. The van der Waals surface area contributed by atoms with Gasteiger partial charge >= 0.3 is 35.3 Å². The average Bonchev–Trinajstić information content (AvgIpc) is 2.78. The monoisotopic (exact) mass is 463 g/mol. The van der Waals surface area contributed by atoms with Crippen molar-refractivity contribution in [3.63, 3.8) is 0 Å². The topological polar surface area (TPSA) is 24.7 Å². The van der Waals surface area contributed by atoms with E-state index in [0.717, 1.165) is 18.1 Å². The molecule has 0 fully saturated rings. The summed E-state index contributed by atoms with van der Waals surface area (Å²) in [6.45, 7) is 3.03. The Morgan fingerprint density at radius 1 is 1.56 bits per heavy atom. The number of aliphatic imine (C=N–C) groups is 2. The zero-order valence-corrected chi connectivity index (χ0v) is 14.2. The number of halogens is 2. The Kier molecular flexibility index (Phi) is 13.2.